The normalized spacial score (nSPS) is 23.5. The summed E-state index contributed by atoms with van der Waals surface area (Å²) in [5.74, 6) is 0.505. The number of carbonyl (C=O) groups excluding carboxylic acids is 1. The van der Waals surface area contributed by atoms with Gasteiger partial charge in [0, 0.05) is 11.6 Å². The maximum absolute atomic E-state index is 13.0. The molecule has 0 radical (unpaired) electrons. The number of fused-ring (bicyclic) bond motifs is 2. The number of nitrogens with zero attached hydrogens (tertiary/aromatic N) is 2. The maximum Gasteiger partial charge on any atom is 0.251 e. The number of ether oxygens (including phenoxy) is 1. The molecule has 0 saturated carbocycles. The third kappa shape index (κ3) is 3.08. The van der Waals surface area contributed by atoms with Crippen LogP contribution in [-0.2, 0) is 0 Å². The van der Waals surface area contributed by atoms with Crippen LogP contribution >= 0.6 is 0 Å². The minimum absolute atomic E-state index is 0.00238. The lowest BCUT2D eigenvalue weighted by atomic mass is 9.95. The van der Waals surface area contributed by atoms with Gasteiger partial charge in [0.1, 0.15) is 17.3 Å². The standard InChI is InChI=1S/C20H18FN3O2/c21-14-4-7-16(8-5-14)26-17-3-1-2-13(10-17)20(25)23-18-11-15-6-9-19(18)24(15)12-22/h1-5,7-8,10,15,18-19H,6,9,11H2,(H,23,25)/t15-,18+,19+/m0/s1. The van der Waals surface area contributed by atoms with E-state index in [9.17, 15) is 14.4 Å². The molecule has 6 heteroatoms. The summed E-state index contributed by atoms with van der Waals surface area (Å²) in [6.45, 7) is 0. The number of hydrogen-bond donors (Lipinski definition) is 1. The van der Waals surface area contributed by atoms with Crippen molar-refractivity contribution in [1.82, 2.24) is 10.2 Å². The Kier molecular flexibility index (Phi) is 4.21. The van der Waals surface area contributed by atoms with E-state index < -0.39 is 0 Å². The van der Waals surface area contributed by atoms with Gasteiger partial charge in [-0.2, -0.15) is 5.26 Å². The van der Waals surface area contributed by atoms with Gasteiger partial charge in [-0.3, -0.25) is 4.79 Å². The number of nitriles is 1. The molecule has 2 aromatic rings. The Labute approximate surface area is 151 Å². The van der Waals surface area contributed by atoms with E-state index in [2.05, 4.69) is 11.5 Å². The summed E-state index contributed by atoms with van der Waals surface area (Å²) in [6.07, 6.45) is 5.02. The van der Waals surface area contributed by atoms with E-state index in [4.69, 9.17) is 4.74 Å². The van der Waals surface area contributed by atoms with Crippen molar-refractivity contribution in [3.63, 3.8) is 0 Å². The molecular formula is C20H18FN3O2. The fourth-order valence-electron chi connectivity index (χ4n) is 3.89. The lowest BCUT2D eigenvalue weighted by Gasteiger charge is -2.22. The lowest BCUT2D eigenvalue weighted by molar-refractivity contribution is 0.0928. The van der Waals surface area contributed by atoms with Gasteiger partial charge in [0.2, 0.25) is 0 Å². The summed E-state index contributed by atoms with van der Waals surface area (Å²) in [5.41, 5.74) is 0.496. The van der Waals surface area contributed by atoms with E-state index in [1.807, 2.05) is 4.90 Å². The van der Waals surface area contributed by atoms with Crippen molar-refractivity contribution >= 4 is 5.91 Å². The number of amides is 1. The molecule has 2 aliphatic rings. The van der Waals surface area contributed by atoms with Crippen LogP contribution in [0.25, 0.3) is 0 Å². The number of nitrogens with one attached hydrogen (secondary N) is 1. The minimum Gasteiger partial charge on any atom is -0.457 e. The highest BCUT2D eigenvalue weighted by Gasteiger charge is 2.46. The molecule has 26 heavy (non-hydrogen) atoms. The van der Waals surface area contributed by atoms with Crippen molar-refractivity contribution < 1.29 is 13.9 Å². The van der Waals surface area contributed by atoms with Gasteiger partial charge in [0.15, 0.2) is 6.19 Å². The smallest absolute Gasteiger partial charge is 0.251 e. The third-order valence-corrected chi connectivity index (χ3v) is 5.11. The molecule has 2 aliphatic heterocycles. The van der Waals surface area contributed by atoms with E-state index in [1.165, 1.54) is 24.3 Å². The largest absolute Gasteiger partial charge is 0.457 e. The molecule has 3 atom stereocenters. The molecule has 2 heterocycles. The van der Waals surface area contributed by atoms with Crippen LogP contribution in [0.4, 0.5) is 4.39 Å². The predicted octanol–water partition coefficient (Wildman–Crippen LogP) is 3.43. The zero-order chi connectivity index (χ0) is 18.1. The second kappa shape index (κ2) is 6.68. The molecule has 4 rings (SSSR count). The molecule has 0 unspecified atom stereocenters. The monoisotopic (exact) mass is 351 g/mol. The molecule has 2 saturated heterocycles. The summed E-state index contributed by atoms with van der Waals surface area (Å²) in [6, 6.07) is 12.9. The number of rotatable bonds is 4. The zero-order valence-electron chi connectivity index (χ0n) is 14.1. The second-order valence-corrected chi connectivity index (χ2v) is 6.71. The Hall–Kier alpha value is -3.07. The first-order valence-electron chi connectivity index (χ1n) is 8.66. The lowest BCUT2D eigenvalue weighted by Crippen LogP contribution is -2.43. The van der Waals surface area contributed by atoms with Gasteiger partial charge in [-0.25, -0.2) is 4.39 Å². The van der Waals surface area contributed by atoms with E-state index in [1.54, 1.807) is 24.3 Å². The molecule has 0 aromatic heterocycles. The molecule has 5 nitrogen and oxygen atoms in total. The van der Waals surface area contributed by atoms with Gasteiger partial charge in [0.05, 0.1) is 12.1 Å². The number of carbonyl (C=O) groups is 1. The van der Waals surface area contributed by atoms with Crippen molar-refractivity contribution in [2.75, 3.05) is 0 Å². The Morgan fingerprint density at radius 3 is 2.73 bits per heavy atom. The number of benzene rings is 2. The first kappa shape index (κ1) is 16.4. The predicted molar refractivity (Wildman–Crippen MR) is 93.0 cm³/mol. The molecule has 1 N–H and O–H groups in total. The fraction of sp³-hybridized carbons (Fsp3) is 0.300. The Bertz CT molecular complexity index is 862. The van der Waals surface area contributed by atoms with Crippen LogP contribution in [0.1, 0.15) is 29.6 Å². The SMILES string of the molecule is N#CN1[C@H]2CC[C@@H]1[C@H](NC(=O)c1cccc(Oc3ccc(F)cc3)c1)C2. The number of halogens is 1. The Morgan fingerprint density at radius 2 is 2.00 bits per heavy atom. The van der Waals surface area contributed by atoms with Gasteiger partial charge in [-0.05, 0) is 61.7 Å². The minimum atomic E-state index is -0.331. The first-order valence-corrected chi connectivity index (χ1v) is 8.66. The molecule has 0 spiro atoms. The first-order chi connectivity index (χ1) is 12.6. The summed E-state index contributed by atoms with van der Waals surface area (Å²) < 4.78 is 18.7. The molecule has 2 fully saturated rings. The average Bonchev–Trinajstić information content (AvgIpc) is 3.20. The van der Waals surface area contributed by atoms with Crippen LogP contribution in [0, 0.1) is 17.3 Å². The van der Waals surface area contributed by atoms with Crippen LogP contribution in [0.3, 0.4) is 0 Å². The van der Waals surface area contributed by atoms with Crippen molar-refractivity contribution in [2.24, 2.45) is 0 Å². The number of hydrogen-bond acceptors (Lipinski definition) is 4. The summed E-state index contributed by atoms with van der Waals surface area (Å²) >= 11 is 0. The topological polar surface area (TPSA) is 65.4 Å². The van der Waals surface area contributed by atoms with Crippen LogP contribution in [-0.4, -0.2) is 28.9 Å². The van der Waals surface area contributed by atoms with Crippen molar-refractivity contribution in [3.05, 3.63) is 59.9 Å². The second-order valence-electron chi connectivity index (χ2n) is 6.71. The highest BCUT2D eigenvalue weighted by molar-refractivity contribution is 5.94. The summed E-state index contributed by atoms with van der Waals surface area (Å²) in [7, 11) is 0. The average molecular weight is 351 g/mol. The Balaban J connectivity index is 1.44. The van der Waals surface area contributed by atoms with Crippen molar-refractivity contribution in [2.45, 2.75) is 37.4 Å². The van der Waals surface area contributed by atoms with Crippen LogP contribution in [0.2, 0.25) is 0 Å². The van der Waals surface area contributed by atoms with Crippen LogP contribution in [0.5, 0.6) is 11.5 Å². The van der Waals surface area contributed by atoms with Gasteiger partial charge in [-0.1, -0.05) is 6.07 Å². The molecule has 0 aliphatic carbocycles. The van der Waals surface area contributed by atoms with Gasteiger partial charge in [0.25, 0.3) is 5.91 Å². The third-order valence-electron chi connectivity index (χ3n) is 5.11. The molecular weight excluding hydrogens is 333 g/mol. The van der Waals surface area contributed by atoms with Crippen molar-refractivity contribution in [3.8, 4) is 17.7 Å². The quantitative estimate of drug-likeness (QED) is 0.857. The van der Waals surface area contributed by atoms with Crippen LogP contribution < -0.4 is 10.1 Å². The summed E-state index contributed by atoms with van der Waals surface area (Å²) in [5, 5.41) is 12.3. The maximum atomic E-state index is 13.0. The van der Waals surface area contributed by atoms with Gasteiger partial charge >= 0.3 is 0 Å². The highest BCUT2D eigenvalue weighted by Crippen LogP contribution is 2.37. The van der Waals surface area contributed by atoms with Crippen molar-refractivity contribution in [1.29, 1.82) is 5.26 Å². The van der Waals surface area contributed by atoms with E-state index >= 15 is 0 Å². The molecule has 2 bridgehead atoms. The highest BCUT2D eigenvalue weighted by atomic mass is 19.1. The van der Waals surface area contributed by atoms with E-state index in [0.717, 1.165) is 19.3 Å². The van der Waals surface area contributed by atoms with Gasteiger partial charge in [-0.15, -0.1) is 0 Å². The Morgan fingerprint density at radius 1 is 1.19 bits per heavy atom. The fourth-order valence-corrected chi connectivity index (χ4v) is 3.89. The van der Waals surface area contributed by atoms with E-state index in [-0.39, 0.29) is 29.8 Å². The van der Waals surface area contributed by atoms with Crippen LogP contribution in [0.15, 0.2) is 48.5 Å². The van der Waals surface area contributed by atoms with Gasteiger partial charge < -0.3 is 15.0 Å². The molecule has 2 aromatic carbocycles. The molecule has 132 valence electrons. The van der Waals surface area contributed by atoms with E-state index in [0.29, 0.717) is 17.1 Å². The molecule has 1 amide bonds. The zero-order valence-corrected chi connectivity index (χ0v) is 14.1. The summed E-state index contributed by atoms with van der Waals surface area (Å²) in [4.78, 5) is 14.4.